The molecule has 1 heterocycles. The molecular weight excluding hydrogens is 262 g/mol. The number of epoxide rings is 1. The lowest BCUT2D eigenvalue weighted by atomic mass is 10.0. The molecular formula is C6Cl4O3. The second kappa shape index (κ2) is 2.41. The number of hydrogen-bond acceptors (Lipinski definition) is 3. The summed E-state index contributed by atoms with van der Waals surface area (Å²) in [6.45, 7) is 0. The molecule has 13 heavy (non-hydrogen) atoms. The van der Waals surface area contributed by atoms with E-state index in [2.05, 4.69) is 0 Å². The van der Waals surface area contributed by atoms with Gasteiger partial charge in [-0.05, 0) is 0 Å². The van der Waals surface area contributed by atoms with Crippen LogP contribution in [0.3, 0.4) is 0 Å². The number of carbonyl (C=O) groups is 2. The molecule has 7 heteroatoms. The maximum atomic E-state index is 11.2. The van der Waals surface area contributed by atoms with Crippen LogP contribution in [0.5, 0.6) is 0 Å². The molecule has 0 saturated carbocycles. The van der Waals surface area contributed by atoms with Gasteiger partial charge >= 0.3 is 0 Å². The van der Waals surface area contributed by atoms with Gasteiger partial charge in [0.25, 0.3) is 10.8 Å². The van der Waals surface area contributed by atoms with E-state index >= 15 is 0 Å². The first-order valence-electron chi connectivity index (χ1n) is 3.07. The van der Waals surface area contributed by atoms with Crippen molar-refractivity contribution in [2.75, 3.05) is 0 Å². The summed E-state index contributed by atoms with van der Waals surface area (Å²) in [7, 11) is 0. The Balaban J connectivity index is 2.63. The topological polar surface area (TPSA) is 46.7 Å². The average Bonchev–Trinajstić information content (AvgIpc) is 2.66. The van der Waals surface area contributed by atoms with Gasteiger partial charge in [0.15, 0.2) is 0 Å². The first-order valence-corrected chi connectivity index (χ1v) is 4.58. The van der Waals surface area contributed by atoms with Crippen LogP contribution in [0.15, 0.2) is 10.1 Å². The van der Waals surface area contributed by atoms with Crippen molar-refractivity contribution in [3.8, 4) is 0 Å². The van der Waals surface area contributed by atoms with Gasteiger partial charge < -0.3 is 4.74 Å². The molecule has 1 saturated heterocycles. The van der Waals surface area contributed by atoms with Crippen molar-refractivity contribution in [1.29, 1.82) is 0 Å². The van der Waals surface area contributed by atoms with E-state index in [1.165, 1.54) is 0 Å². The molecule has 70 valence electrons. The van der Waals surface area contributed by atoms with E-state index in [9.17, 15) is 9.59 Å². The van der Waals surface area contributed by atoms with E-state index < -0.39 is 26.7 Å². The third-order valence-corrected chi connectivity index (χ3v) is 3.98. The number of alkyl halides is 2. The molecule has 0 aromatic rings. The number of allylic oxidation sites excluding steroid dienone is 1. The van der Waals surface area contributed by atoms with E-state index in [4.69, 9.17) is 51.1 Å². The highest BCUT2D eigenvalue weighted by molar-refractivity contribution is 6.71. The Morgan fingerprint density at radius 3 is 2.15 bits per heavy atom. The summed E-state index contributed by atoms with van der Waals surface area (Å²) in [5.41, 5.74) is 0. The van der Waals surface area contributed by atoms with Crippen LogP contribution in [0.1, 0.15) is 0 Å². The van der Waals surface area contributed by atoms with Crippen molar-refractivity contribution < 1.29 is 14.3 Å². The minimum atomic E-state index is -1.86. The Bertz CT molecular complexity index is 376. The molecule has 1 fully saturated rings. The van der Waals surface area contributed by atoms with Crippen LogP contribution in [-0.2, 0) is 14.3 Å². The first kappa shape index (κ1) is 9.74. The molecule has 2 unspecified atom stereocenters. The zero-order valence-corrected chi connectivity index (χ0v) is 8.76. The number of fused-ring (bicyclic) bond motifs is 1. The van der Waals surface area contributed by atoms with Crippen molar-refractivity contribution in [3.05, 3.63) is 10.1 Å². The molecule has 0 radical (unpaired) electrons. The smallest absolute Gasteiger partial charge is 0.259 e. The summed E-state index contributed by atoms with van der Waals surface area (Å²) < 4.78 is 4.70. The van der Waals surface area contributed by atoms with Crippen LogP contribution >= 0.6 is 46.4 Å². The van der Waals surface area contributed by atoms with Gasteiger partial charge in [0, 0.05) is 0 Å². The minimum Gasteiger partial charge on any atom is -0.316 e. The Kier molecular flexibility index (Phi) is 1.81. The van der Waals surface area contributed by atoms with E-state index in [-0.39, 0.29) is 5.03 Å². The predicted molar refractivity (Wildman–Crippen MR) is 47.0 cm³/mol. The Morgan fingerprint density at radius 2 is 1.62 bits per heavy atom. The monoisotopic (exact) mass is 260 g/mol. The lowest BCUT2D eigenvalue weighted by Crippen LogP contribution is -2.37. The lowest BCUT2D eigenvalue weighted by Gasteiger charge is -2.13. The van der Waals surface area contributed by atoms with Crippen molar-refractivity contribution in [2.45, 2.75) is 10.1 Å². The van der Waals surface area contributed by atoms with Crippen LogP contribution in [0, 0.1) is 0 Å². The molecule has 2 aliphatic rings. The number of carbonyl (C=O) groups excluding carboxylic acids is 2. The van der Waals surface area contributed by atoms with Crippen molar-refractivity contribution in [1.82, 2.24) is 0 Å². The van der Waals surface area contributed by atoms with Gasteiger partial charge in [0.05, 0.1) is 5.03 Å². The largest absolute Gasteiger partial charge is 0.316 e. The van der Waals surface area contributed by atoms with Gasteiger partial charge in [-0.1, -0.05) is 46.4 Å². The predicted octanol–water partition coefficient (Wildman–Crippen LogP) is 1.73. The van der Waals surface area contributed by atoms with Crippen LogP contribution in [-0.4, -0.2) is 21.7 Å². The highest BCUT2D eigenvalue weighted by Gasteiger charge is 2.80. The molecule has 1 aliphatic heterocycles. The fraction of sp³-hybridized carbons (Fsp3) is 0.333. The summed E-state index contributed by atoms with van der Waals surface area (Å²) in [4.78, 5) is 22.3. The molecule has 0 aromatic heterocycles. The Morgan fingerprint density at radius 1 is 1.08 bits per heavy atom. The van der Waals surface area contributed by atoms with Gasteiger partial charge in [-0.15, -0.1) is 0 Å². The summed E-state index contributed by atoms with van der Waals surface area (Å²) >= 11 is 22.3. The standard InChI is InChI=1S/C6Cl4O3/c7-1-2(11)4(12)6(10)5(9,13-6)3(1)8. The lowest BCUT2D eigenvalue weighted by molar-refractivity contribution is -0.135. The zero-order chi connectivity index (χ0) is 10.0. The third-order valence-electron chi connectivity index (χ3n) is 1.83. The minimum absolute atomic E-state index is 0.240. The fourth-order valence-electron chi connectivity index (χ4n) is 1.03. The highest BCUT2D eigenvalue weighted by atomic mass is 35.5. The number of rotatable bonds is 0. The second-order valence-corrected chi connectivity index (χ2v) is 4.40. The summed E-state index contributed by atoms with van der Waals surface area (Å²) in [6, 6.07) is 0. The molecule has 0 amide bonds. The zero-order valence-electron chi connectivity index (χ0n) is 5.74. The molecule has 0 N–H and O–H groups in total. The number of Topliss-reactive ketones (excluding diaryl/α,β-unsaturated/α-hetero) is 2. The fourth-order valence-corrected chi connectivity index (χ4v) is 2.24. The second-order valence-electron chi connectivity index (χ2n) is 2.58. The number of ketones is 2. The van der Waals surface area contributed by atoms with Crippen molar-refractivity contribution in [2.24, 2.45) is 0 Å². The van der Waals surface area contributed by atoms with E-state index in [0.29, 0.717) is 0 Å². The van der Waals surface area contributed by atoms with Crippen molar-refractivity contribution >= 4 is 58.0 Å². The van der Waals surface area contributed by atoms with E-state index in [1.807, 2.05) is 0 Å². The van der Waals surface area contributed by atoms with Gasteiger partial charge in [-0.2, -0.15) is 0 Å². The Labute approximate surface area is 92.5 Å². The summed E-state index contributed by atoms with van der Waals surface area (Å²) in [5, 5.41) is -4.19. The number of ether oxygens (including phenoxy) is 1. The molecule has 0 bridgehead atoms. The van der Waals surface area contributed by atoms with Crippen LogP contribution in [0.25, 0.3) is 0 Å². The molecule has 3 nitrogen and oxygen atoms in total. The first-order chi connectivity index (χ1) is 5.84. The SMILES string of the molecule is O=C1C(=O)C2(Cl)OC2(Cl)C(Cl)=C1Cl. The molecule has 1 aliphatic carbocycles. The number of halogens is 4. The van der Waals surface area contributed by atoms with Gasteiger partial charge in [-0.25, -0.2) is 0 Å². The van der Waals surface area contributed by atoms with Crippen LogP contribution < -0.4 is 0 Å². The molecule has 2 rings (SSSR count). The van der Waals surface area contributed by atoms with Crippen LogP contribution in [0.2, 0.25) is 0 Å². The summed E-state index contributed by atoms with van der Waals surface area (Å²) in [6.07, 6.45) is 0. The maximum absolute atomic E-state index is 11.2. The van der Waals surface area contributed by atoms with E-state index in [0.717, 1.165) is 0 Å². The van der Waals surface area contributed by atoms with Gasteiger partial charge in [0.1, 0.15) is 5.03 Å². The average molecular weight is 262 g/mol. The normalized spacial score (nSPS) is 43.7. The Hall–Kier alpha value is 0.200. The number of hydrogen-bond donors (Lipinski definition) is 0. The van der Waals surface area contributed by atoms with Gasteiger partial charge in [0.2, 0.25) is 10.8 Å². The molecule has 0 spiro atoms. The molecule has 0 aromatic carbocycles. The van der Waals surface area contributed by atoms with Crippen LogP contribution in [0.4, 0.5) is 0 Å². The summed E-state index contributed by atoms with van der Waals surface area (Å²) in [5.74, 6) is -1.96. The van der Waals surface area contributed by atoms with Gasteiger partial charge in [-0.3, -0.25) is 9.59 Å². The molecule has 2 atom stereocenters. The third kappa shape index (κ3) is 0.917. The quantitative estimate of drug-likeness (QED) is 0.379. The van der Waals surface area contributed by atoms with E-state index in [1.54, 1.807) is 0 Å². The van der Waals surface area contributed by atoms with Crippen molar-refractivity contribution in [3.63, 3.8) is 0 Å². The maximum Gasteiger partial charge on any atom is 0.259 e. The highest BCUT2D eigenvalue weighted by Crippen LogP contribution is 2.63.